The van der Waals surface area contributed by atoms with Crippen LogP contribution in [0.25, 0.3) is 0 Å². The average molecular weight is 238 g/mol. The van der Waals surface area contributed by atoms with Crippen molar-refractivity contribution in [2.24, 2.45) is 5.41 Å². The number of aliphatic carboxylic acids is 1. The van der Waals surface area contributed by atoms with E-state index in [1.807, 2.05) is 6.92 Å². The lowest BCUT2D eigenvalue weighted by atomic mass is 9.79. The quantitative estimate of drug-likeness (QED) is 0.851. The number of carboxylic acid groups (broad SMARTS) is 1. The zero-order chi connectivity index (χ0) is 12.3. The molecule has 17 heavy (non-hydrogen) atoms. The first-order chi connectivity index (χ1) is 8.13. The molecule has 0 unspecified atom stereocenters. The fourth-order valence-corrected chi connectivity index (χ4v) is 2.69. The van der Waals surface area contributed by atoms with Crippen LogP contribution in [0.1, 0.15) is 50.8 Å². The second-order valence-corrected chi connectivity index (χ2v) is 4.90. The molecular weight excluding hydrogens is 220 g/mol. The first-order valence-electron chi connectivity index (χ1n) is 6.17. The molecule has 5 nitrogen and oxygen atoms in total. The molecule has 0 aliphatic heterocycles. The summed E-state index contributed by atoms with van der Waals surface area (Å²) >= 11 is 0. The normalized spacial score (nSPS) is 18.4. The number of rotatable bonds is 5. The Labute approximate surface area is 100 Å². The van der Waals surface area contributed by atoms with Gasteiger partial charge < -0.3 is 9.52 Å². The van der Waals surface area contributed by atoms with Crippen molar-refractivity contribution < 1.29 is 14.3 Å². The van der Waals surface area contributed by atoms with E-state index < -0.39 is 5.97 Å². The summed E-state index contributed by atoms with van der Waals surface area (Å²) in [6.45, 7) is 1.96. The van der Waals surface area contributed by atoms with Crippen LogP contribution in [0.2, 0.25) is 0 Å². The minimum Gasteiger partial charge on any atom is -0.481 e. The Balaban J connectivity index is 2.09. The van der Waals surface area contributed by atoms with Crippen LogP contribution in [0.5, 0.6) is 0 Å². The molecule has 1 saturated carbocycles. The Bertz CT molecular complexity index is 394. The third kappa shape index (κ3) is 2.84. The first-order valence-corrected chi connectivity index (χ1v) is 6.17. The molecule has 0 atom stereocenters. The summed E-state index contributed by atoms with van der Waals surface area (Å²) in [5, 5.41) is 16.9. The SMILES string of the molecule is CCc1nnc(CC2(CC(=O)O)CCCC2)o1. The van der Waals surface area contributed by atoms with Gasteiger partial charge >= 0.3 is 5.97 Å². The van der Waals surface area contributed by atoms with Crippen molar-refractivity contribution in [3.8, 4) is 0 Å². The van der Waals surface area contributed by atoms with Gasteiger partial charge in [0.05, 0.1) is 6.42 Å². The molecule has 94 valence electrons. The van der Waals surface area contributed by atoms with Gasteiger partial charge in [0.2, 0.25) is 11.8 Å². The molecule has 1 heterocycles. The maximum Gasteiger partial charge on any atom is 0.303 e. The Kier molecular flexibility index (Phi) is 3.45. The van der Waals surface area contributed by atoms with Crippen molar-refractivity contribution in [3.63, 3.8) is 0 Å². The smallest absolute Gasteiger partial charge is 0.303 e. The number of aryl methyl sites for hydroxylation is 1. The highest BCUT2D eigenvalue weighted by atomic mass is 16.4. The lowest BCUT2D eigenvalue weighted by Gasteiger charge is -2.24. The van der Waals surface area contributed by atoms with Gasteiger partial charge in [0, 0.05) is 12.8 Å². The van der Waals surface area contributed by atoms with Crippen molar-refractivity contribution in [1.29, 1.82) is 0 Å². The summed E-state index contributed by atoms with van der Waals surface area (Å²) in [7, 11) is 0. The number of aromatic nitrogens is 2. The Morgan fingerprint density at radius 3 is 2.53 bits per heavy atom. The fourth-order valence-electron chi connectivity index (χ4n) is 2.69. The minimum absolute atomic E-state index is 0.163. The van der Waals surface area contributed by atoms with Crippen molar-refractivity contribution in [3.05, 3.63) is 11.8 Å². The van der Waals surface area contributed by atoms with Gasteiger partial charge in [0.25, 0.3) is 0 Å². The Hall–Kier alpha value is -1.39. The van der Waals surface area contributed by atoms with Crippen LogP contribution in [0.15, 0.2) is 4.42 Å². The highest BCUT2D eigenvalue weighted by Gasteiger charge is 2.37. The summed E-state index contributed by atoms with van der Waals surface area (Å²) in [6, 6.07) is 0. The van der Waals surface area contributed by atoms with E-state index in [1.54, 1.807) is 0 Å². The zero-order valence-electron chi connectivity index (χ0n) is 10.1. The standard InChI is InChI=1S/C12H18N2O3/c1-2-9-13-14-10(17-9)7-12(8-11(15)16)5-3-4-6-12/h2-8H2,1H3,(H,15,16). The van der Waals surface area contributed by atoms with Gasteiger partial charge in [0.15, 0.2) is 0 Å². The number of hydrogen-bond acceptors (Lipinski definition) is 4. The fraction of sp³-hybridized carbons (Fsp3) is 0.750. The van der Waals surface area contributed by atoms with E-state index in [9.17, 15) is 4.79 Å². The number of carboxylic acids is 1. The minimum atomic E-state index is -0.734. The van der Waals surface area contributed by atoms with Gasteiger partial charge in [-0.25, -0.2) is 0 Å². The van der Waals surface area contributed by atoms with E-state index in [1.165, 1.54) is 0 Å². The van der Waals surface area contributed by atoms with Crippen LogP contribution >= 0.6 is 0 Å². The average Bonchev–Trinajstić information content (AvgIpc) is 2.87. The van der Waals surface area contributed by atoms with E-state index in [0.717, 1.165) is 32.1 Å². The highest BCUT2D eigenvalue weighted by Crippen LogP contribution is 2.43. The predicted molar refractivity (Wildman–Crippen MR) is 60.5 cm³/mol. The van der Waals surface area contributed by atoms with Crippen molar-refractivity contribution in [2.45, 2.75) is 51.9 Å². The Morgan fingerprint density at radius 1 is 1.35 bits per heavy atom. The number of hydrogen-bond donors (Lipinski definition) is 1. The van der Waals surface area contributed by atoms with Gasteiger partial charge in [0.1, 0.15) is 0 Å². The molecule has 0 spiro atoms. The molecule has 1 N–H and O–H groups in total. The van der Waals surface area contributed by atoms with Crippen LogP contribution in [0.4, 0.5) is 0 Å². The summed E-state index contributed by atoms with van der Waals surface area (Å²) in [5.74, 6) is 0.482. The lowest BCUT2D eigenvalue weighted by Crippen LogP contribution is -2.23. The summed E-state index contributed by atoms with van der Waals surface area (Å²) < 4.78 is 5.49. The van der Waals surface area contributed by atoms with E-state index in [4.69, 9.17) is 9.52 Å². The lowest BCUT2D eigenvalue weighted by molar-refractivity contribution is -0.139. The van der Waals surface area contributed by atoms with E-state index in [-0.39, 0.29) is 11.8 Å². The zero-order valence-corrected chi connectivity index (χ0v) is 10.1. The van der Waals surface area contributed by atoms with Crippen LogP contribution in [0.3, 0.4) is 0 Å². The van der Waals surface area contributed by atoms with Crippen LogP contribution in [-0.2, 0) is 17.6 Å². The molecule has 0 amide bonds. The van der Waals surface area contributed by atoms with E-state index in [2.05, 4.69) is 10.2 Å². The number of nitrogens with zero attached hydrogens (tertiary/aromatic N) is 2. The van der Waals surface area contributed by atoms with Crippen molar-refractivity contribution in [1.82, 2.24) is 10.2 Å². The summed E-state index contributed by atoms with van der Waals surface area (Å²) in [5.41, 5.74) is -0.163. The monoisotopic (exact) mass is 238 g/mol. The molecule has 5 heteroatoms. The topological polar surface area (TPSA) is 76.2 Å². The third-order valence-corrected chi connectivity index (χ3v) is 3.53. The second-order valence-electron chi connectivity index (χ2n) is 4.90. The molecule has 0 saturated heterocycles. The van der Waals surface area contributed by atoms with Gasteiger partial charge in [-0.3, -0.25) is 4.79 Å². The summed E-state index contributed by atoms with van der Waals surface area (Å²) in [4.78, 5) is 10.9. The maximum atomic E-state index is 10.9. The van der Waals surface area contributed by atoms with Crippen molar-refractivity contribution >= 4 is 5.97 Å². The van der Waals surface area contributed by atoms with Crippen LogP contribution in [-0.4, -0.2) is 21.3 Å². The van der Waals surface area contributed by atoms with Gasteiger partial charge in [-0.05, 0) is 18.3 Å². The molecule has 0 bridgehead atoms. The van der Waals surface area contributed by atoms with Gasteiger partial charge in [-0.1, -0.05) is 19.8 Å². The number of carbonyl (C=O) groups is 1. The third-order valence-electron chi connectivity index (χ3n) is 3.53. The molecule has 1 aliphatic carbocycles. The van der Waals surface area contributed by atoms with Gasteiger partial charge in [-0.2, -0.15) is 0 Å². The Morgan fingerprint density at radius 2 is 2.00 bits per heavy atom. The van der Waals surface area contributed by atoms with Crippen LogP contribution in [0, 0.1) is 5.41 Å². The molecule has 0 aromatic carbocycles. The molecule has 1 aliphatic rings. The largest absolute Gasteiger partial charge is 0.481 e. The van der Waals surface area contributed by atoms with E-state index >= 15 is 0 Å². The predicted octanol–water partition coefficient (Wildman–Crippen LogP) is 2.21. The maximum absolute atomic E-state index is 10.9. The first kappa shape index (κ1) is 12.1. The van der Waals surface area contributed by atoms with E-state index in [0.29, 0.717) is 18.2 Å². The van der Waals surface area contributed by atoms with Gasteiger partial charge in [-0.15, -0.1) is 10.2 Å². The molecule has 1 aromatic heterocycles. The van der Waals surface area contributed by atoms with Crippen LogP contribution < -0.4 is 0 Å². The van der Waals surface area contributed by atoms with Crippen molar-refractivity contribution in [2.75, 3.05) is 0 Å². The second kappa shape index (κ2) is 4.85. The summed E-state index contributed by atoms with van der Waals surface area (Å²) in [6.07, 6.45) is 5.62. The molecule has 1 fully saturated rings. The molecular formula is C12H18N2O3. The molecule has 1 aromatic rings. The molecule has 2 rings (SSSR count). The highest BCUT2D eigenvalue weighted by molar-refractivity contribution is 5.67. The molecule has 0 radical (unpaired) electrons.